The van der Waals surface area contributed by atoms with Crippen molar-refractivity contribution in [3.63, 3.8) is 0 Å². The smallest absolute Gasteiger partial charge is 0.218 e. The molecule has 0 aliphatic carbocycles. The van der Waals surface area contributed by atoms with Gasteiger partial charge in [-0.05, 0) is 19.3 Å². The molecule has 3 unspecified atom stereocenters. The summed E-state index contributed by atoms with van der Waals surface area (Å²) in [6.07, 6.45) is 0.871. The third kappa shape index (κ3) is 4.41. The lowest BCUT2D eigenvalue weighted by Crippen LogP contribution is -2.50. The van der Waals surface area contributed by atoms with Crippen LogP contribution in [0.1, 0.15) is 34.1 Å². The Hall–Kier alpha value is -0.170. The number of hydrogen-bond donors (Lipinski definition) is 1. The largest absolute Gasteiger partial charge is 0.380 e. The van der Waals surface area contributed by atoms with Gasteiger partial charge < -0.3 is 10.1 Å². The van der Waals surface area contributed by atoms with Gasteiger partial charge in [0.1, 0.15) is 0 Å². The van der Waals surface area contributed by atoms with Gasteiger partial charge in [0.15, 0.2) is 0 Å². The zero-order valence-corrected chi connectivity index (χ0v) is 13.5. The molecule has 19 heavy (non-hydrogen) atoms. The standard InChI is InChI=1S/C13H28N2O3S/c1-10(2)14-8-12(4)19(16,17)15-7-6-11(3)13(9-15)18-5/h10-14H,6-9H2,1-5H3. The van der Waals surface area contributed by atoms with Crippen molar-refractivity contribution in [2.45, 2.75) is 51.5 Å². The molecule has 0 radical (unpaired) electrons. The van der Waals surface area contributed by atoms with E-state index in [2.05, 4.69) is 12.2 Å². The first-order valence-corrected chi connectivity index (χ1v) is 8.54. The molecule has 1 heterocycles. The molecule has 114 valence electrons. The van der Waals surface area contributed by atoms with E-state index < -0.39 is 15.3 Å². The van der Waals surface area contributed by atoms with E-state index >= 15 is 0 Å². The highest BCUT2D eigenvalue weighted by molar-refractivity contribution is 7.89. The Labute approximate surface area is 117 Å². The summed E-state index contributed by atoms with van der Waals surface area (Å²) < 4.78 is 32.0. The highest BCUT2D eigenvalue weighted by Crippen LogP contribution is 2.23. The fourth-order valence-electron chi connectivity index (χ4n) is 2.30. The Morgan fingerprint density at radius 2 is 2.00 bits per heavy atom. The van der Waals surface area contributed by atoms with Crippen LogP contribution in [0.15, 0.2) is 0 Å². The second kappa shape index (κ2) is 7.02. The number of nitrogens with one attached hydrogen (secondary N) is 1. The van der Waals surface area contributed by atoms with E-state index in [1.807, 2.05) is 13.8 Å². The summed E-state index contributed by atoms with van der Waals surface area (Å²) in [4.78, 5) is 0. The zero-order chi connectivity index (χ0) is 14.6. The molecule has 6 heteroatoms. The van der Waals surface area contributed by atoms with E-state index in [-0.39, 0.29) is 6.10 Å². The predicted octanol–water partition coefficient (Wildman–Crippen LogP) is 1.06. The van der Waals surface area contributed by atoms with Crippen LogP contribution in [-0.2, 0) is 14.8 Å². The van der Waals surface area contributed by atoms with Crippen LogP contribution in [0.5, 0.6) is 0 Å². The monoisotopic (exact) mass is 292 g/mol. The summed E-state index contributed by atoms with van der Waals surface area (Å²) in [5.74, 6) is 0.417. The predicted molar refractivity (Wildman–Crippen MR) is 77.7 cm³/mol. The van der Waals surface area contributed by atoms with Crippen LogP contribution in [0.25, 0.3) is 0 Å². The molecule has 0 saturated carbocycles. The number of hydrogen-bond acceptors (Lipinski definition) is 4. The zero-order valence-electron chi connectivity index (χ0n) is 12.7. The minimum Gasteiger partial charge on any atom is -0.380 e. The number of nitrogens with zero attached hydrogens (tertiary/aromatic N) is 1. The fraction of sp³-hybridized carbons (Fsp3) is 1.00. The number of piperidine rings is 1. The molecule has 1 N–H and O–H groups in total. The normalized spacial score (nSPS) is 27.7. The first kappa shape index (κ1) is 16.9. The third-order valence-corrected chi connectivity index (χ3v) is 6.07. The highest BCUT2D eigenvalue weighted by Gasteiger charge is 2.35. The number of methoxy groups -OCH3 is 1. The maximum absolute atomic E-state index is 12.5. The maximum Gasteiger partial charge on any atom is 0.218 e. The summed E-state index contributed by atoms with van der Waals surface area (Å²) in [5, 5.41) is 2.79. The summed E-state index contributed by atoms with van der Waals surface area (Å²) in [6, 6.07) is 0.297. The van der Waals surface area contributed by atoms with Gasteiger partial charge in [0.05, 0.1) is 11.4 Å². The van der Waals surface area contributed by atoms with Gasteiger partial charge in [0, 0.05) is 32.8 Å². The maximum atomic E-state index is 12.5. The van der Waals surface area contributed by atoms with E-state index in [4.69, 9.17) is 4.74 Å². The molecular weight excluding hydrogens is 264 g/mol. The number of rotatable bonds is 6. The van der Waals surface area contributed by atoms with Gasteiger partial charge in [-0.2, -0.15) is 4.31 Å². The minimum atomic E-state index is -3.23. The van der Waals surface area contributed by atoms with Crippen molar-refractivity contribution in [1.29, 1.82) is 0 Å². The van der Waals surface area contributed by atoms with E-state index in [1.165, 1.54) is 0 Å². The van der Waals surface area contributed by atoms with Crippen LogP contribution in [0.2, 0.25) is 0 Å². The molecule has 0 spiro atoms. The van der Waals surface area contributed by atoms with Gasteiger partial charge in [0.25, 0.3) is 0 Å². The minimum absolute atomic E-state index is 0.00813. The third-order valence-electron chi connectivity index (χ3n) is 3.84. The van der Waals surface area contributed by atoms with E-state index in [9.17, 15) is 8.42 Å². The van der Waals surface area contributed by atoms with Gasteiger partial charge in [0.2, 0.25) is 10.0 Å². The molecule has 1 rings (SSSR count). The molecule has 1 aliphatic heterocycles. The molecule has 1 saturated heterocycles. The van der Waals surface area contributed by atoms with Crippen LogP contribution < -0.4 is 5.32 Å². The van der Waals surface area contributed by atoms with Crippen molar-refractivity contribution in [3.05, 3.63) is 0 Å². The van der Waals surface area contributed by atoms with Gasteiger partial charge >= 0.3 is 0 Å². The topological polar surface area (TPSA) is 58.6 Å². The Morgan fingerprint density at radius 3 is 2.53 bits per heavy atom. The van der Waals surface area contributed by atoms with Gasteiger partial charge in [-0.3, -0.25) is 0 Å². The molecule has 0 bridgehead atoms. The molecule has 0 aromatic carbocycles. The van der Waals surface area contributed by atoms with Crippen LogP contribution in [0, 0.1) is 5.92 Å². The van der Waals surface area contributed by atoms with Crippen molar-refractivity contribution < 1.29 is 13.2 Å². The van der Waals surface area contributed by atoms with Gasteiger partial charge in [-0.25, -0.2) is 8.42 Å². The van der Waals surface area contributed by atoms with Crippen molar-refractivity contribution >= 4 is 10.0 Å². The summed E-state index contributed by atoms with van der Waals surface area (Å²) in [6.45, 7) is 9.49. The van der Waals surface area contributed by atoms with Crippen LogP contribution >= 0.6 is 0 Å². The molecule has 0 aromatic heterocycles. The molecular formula is C13H28N2O3S. The van der Waals surface area contributed by atoms with Crippen molar-refractivity contribution in [2.24, 2.45) is 5.92 Å². The first-order chi connectivity index (χ1) is 8.78. The highest BCUT2D eigenvalue weighted by atomic mass is 32.2. The average molecular weight is 292 g/mol. The average Bonchev–Trinajstić information content (AvgIpc) is 2.35. The Bertz CT molecular complexity index is 370. The van der Waals surface area contributed by atoms with Gasteiger partial charge in [-0.15, -0.1) is 0 Å². The van der Waals surface area contributed by atoms with E-state index in [1.54, 1.807) is 18.3 Å². The Morgan fingerprint density at radius 1 is 1.37 bits per heavy atom. The molecule has 3 atom stereocenters. The van der Waals surface area contributed by atoms with Gasteiger partial charge in [-0.1, -0.05) is 20.8 Å². The summed E-state index contributed by atoms with van der Waals surface area (Å²) in [5.41, 5.74) is 0. The van der Waals surface area contributed by atoms with Crippen molar-refractivity contribution in [2.75, 3.05) is 26.7 Å². The fourth-order valence-corrected chi connectivity index (χ4v) is 3.84. The van der Waals surface area contributed by atoms with Crippen LogP contribution in [0.3, 0.4) is 0 Å². The molecule has 1 aliphatic rings. The SMILES string of the molecule is COC1CN(S(=O)(=O)C(C)CNC(C)C)CCC1C. The molecule has 0 amide bonds. The lowest BCUT2D eigenvalue weighted by Gasteiger charge is -2.36. The Balaban J connectivity index is 2.66. The second-order valence-electron chi connectivity index (χ2n) is 5.82. The summed E-state index contributed by atoms with van der Waals surface area (Å²) in [7, 11) is -1.58. The van der Waals surface area contributed by atoms with E-state index in [0.29, 0.717) is 31.6 Å². The first-order valence-electron chi connectivity index (χ1n) is 7.04. The Kier molecular flexibility index (Phi) is 6.23. The van der Waals surface area contributed by atoms with E-state index in [0.717, 1.165) is 6.42 Å². The quantitative estimate of drug-likeness (QED) is 0.795. The number of ether oxygens (including phenoxy) is 1. The molecule has 1 fully saturated rings. The number of sulfonamides is 1. The van der Waals surface area contributed by atoms with Crippen molar-refractivity contribution in [1.82, 2.24) is 9.62 Å². The van der Waals surface area contributed by atoms with Crippen molar-refractivity contribution in [3.8, 4) is 0 Å². The lowest BCUT2D eigenvalue weighted by molar-refractivity contribution is 0.0181. The summed E-state index contributed by atoms with van der Waals surface area (Å²) >= 11 is 0. The van der Waals surface area contributed by atoms with Crippen LogP contribution in [-0.4, -0.2) is 56.9 Å². The van der Waals surface area contributed by atoms with Crippen LogP contribution in [0.4, 0.5) is 0 Å². The second-order valence-corrected chi connectivity index (χ2v) is 8.17. The molecule has 5 nitrogen and oxygen atoms in total. The lowest BCUT2D eigenvalue weighted by atomic mass is 9.97. The molecule has 0 aromatic rings.